The van der Waals surface area contributed by atoms with Gasteiger partial charge in [-0.05, 0) is 107 Å². The van der Waals surface area contributed by atoms with Crippen LogP contribution in [0.2, 0.25) is 6.32 Å². The molecule has 1 aromatic carbocycles. The van der Waals surface area contributed by atoms with Crippen molar-refractivity contribution < 1.29 is 37.9 Å². The Balaban J connectivity index is 1.69. The van der Waals surface area contributed by atoms with Crippen molar-refractivity contribution in [1.29, 1.82) is 0 Å². The minimum atomic E-state index is -1.05. The molecule has 0 aliphatic carbocycles. The van der Waals surface area contributed by atoms with Crippen LogP contribution in [-0.2, 0) is 39.7 Å². The fourth-order valence-electron chi connectivity index (χ4n) is 6.01. The van der Waals surface area contributed by atoms with Crippen molar-refractivity contribution in [2.45, 2.75) is 143 Å². The molecule has 0 radical (unpaired) electrons. The smallest absolute Gasteiger partial charge is 0.457 e. The normalized spacial score (nSPS) is 19.5. The summed E-state index contributed by atoms with van der Waals surface area (Å²) in [6.45, 7) is 22.8. The number of hydrogen-bond donors (Lipinski definition) is 0. The molecule has 0 saturated carbocycles. The minimum Gasteiger partial charge on any atom is -0.461 e. The van der Waals surface area contributed by atoms with Gasteiger partial charge < -0.3 is 28.4 Å². The summed E-state index contributed by atoms with van der Waals surface area (Å²) in [4.78, 5) is 44.1. The van der Waals surface area contributed by atoms with Gasteiger partial charge in [-0.2, -0.15) is 0 Å². The van der Waals surface area contributed by atoms with Gasteiger partial charge in [-0.3, -0.25) is 14.5 Å². The fourth-order valence-corrected chi connectivity index (χ4v) is 6.01. The van der Waals surface area contributed by atoms with Crippen LogP contribution in [0, 0.1) is 5.41 Å². The molecule has 2 fully saturated rings. The second kappa shape index (κ2) is 16.4. The number of hydrogen-bond acceptors (Lipinski definition) is 9. The van der Waals surface area contributed by atoms with E-state index in [4.69, 9.17) is 23.5 Å². The summed E-state index contributed by atoms with van der Waals surface area (Å²) < 4.78 is 29.7. The Morgan fingerprint density at radius 3 is 1.92 bits per heavy atom. The highest BCUT2D eigenvalue weighted by molar-refractivity contribution is 6.45. The van der Waals surface area contributed by atoms with Crippen molar-refractivity contribution in [3.8, 4) is 0 Å². The minimum absolute atomic E-state index is 0.0579. The van der Waals surface area contributed by atoms with Gasteiger partial charge in [0.05, 0.1) is 23.0 Å². The summed E-state index contributed by atoms with van der Waals surface area (Å²) in [6, 6.07) is 9.54. The Morgan fingerprint density at radius 2 is 1.35 bits per heavy atom. The molecule has 1 amide bonds. The van der Waals surface area contributed by atoms with Gasteiger partial charge in [0.15, 0.2) is 0 Å². The van der Waals surface area contributed by atoms with Crippen LogP contribution in [0.25, 0.3) is 0 Å². The fraction of sp³-hybridized carbons (Fsp3) is 0.757. The molecule has 2 heterocycles. The average Bonchev–Trinajstić information content (AvgIpc) is 3.18. The zero-order valence-corrected chi connectivity index (χ0v) is 31.3. The van der Waals surface area contributed by atoms with Gasteiger partial charge in [0.1, 0.15) is 17.8 Å². The molecule has 1 aromatic rings. The van der Waals surface area contributed by atoms with Crippen LogP contribution in [0.3, 0.4) is 0 Å². The Kier molecular flexibility index (Phi) is 13.6. The van der Waals surface area contributed by atoms with E-state index in [0.717, 1.165) is 18.5 Å². The van der Waals surface area contributed by atoms with Gasteiger partial charge in [0.25, 0.3) is 0 Å². The Labute approximate surface area is 289 Å². The first kappa shape index (κ1) is 39.8. The summed E-state index contributed by atoms with van der Waals surface area (Å²) in [5.41, 5.74) is -2.21. The Hall–Kier alpha value is -2.63. The lowest BCUT2D eigenvalue weighted by Gasteiger charge is -2.37. The quantitative estimate of drug-likeness (QED) is 0.0891. The highest BCUT2D eigenvalue weighted by Crippen LogP contribution is 2.41. The Morgan fingerprint density at radius 1 is 0.792 bits per heavy atom. The summed E-state index contributed by atoms with van der Waals surface area (Å²) >= 11 is 0. The summed E-state index contributed by atoms with van der Waals surface area (Å²) in [6.07, 6.45) is 3.46. The van der Waals surface area contributed by atoms with E-state index in [2.05, 4.69) is 4.90 Å². The molecule has 2 aliphatic heterocycles. The molecule has 0 bridgehead atoms. The van der Waals surface area contributed by atoms with Crippen LogP contribution < -0.4 is 0 Å². The third kappa shape index (κ3) is 12.4. The predicted molar refractivity (Wildman–Crippen MR) is 187 cm³/mol. The molecule has 0 spiro atoms. The van der Waals surface area contributed by atoms with Crippen molar-refractivity contribution in [3.63, 3.8) is 0 Å². The largest absolute Gasteiger partial charge is 0.461 e. The van der Waals surface area contributed by atoms with Crippen molar-refractivity contribution in [3.05, 3.63) is 35.9 Å². The second-order valence-electron chi connectivity index (χ2n) is 16.4. The summed E-state index contributed by atoms with van der Waals surface area (Å²) in [5, 5.41) is 0. The molecule has 2 aliphatic rings. The van der Waals surface area contributed by atoms with Crippen LogP contribution >= 0.6 is 0 Å². The number of nitrogens with zero attached hydrogens (tertiary/aromatic N) is 2. The van der Waals surface area contributed by atoms with Crippen LogP contribution in [-0.4, -0.2) is 90.1 Å². The molecular formula is C37H61BN2O8. The van der Waals surface area contributed by atoms with Crippen molar-refractivity contribution in [2.24, 2.45) is 5.41 Å². The molecular weight excluding hydrogens is 611 g/mol. The molecule has 3 rings (SSSR count). The predicted octanol–water partition coefficient (Wildman–Crippen LogP) is 7.04. The zero-order chi connectivity index (χ0) is 35.8. The van der Waals surface area contributed by atoms with E-state index in [-0.39, 0.29) is 32.2 Å². The lowest BCUT2D eigenvalue weighted by molar-refractivity contribution is -0.174. The van der Waals surface area contributed by atoms with Crippen molar-refractivity contribution in [2.75, 3.05) is 32.7 Å². The third-order valence-corrected chi connectivity index (χ3v) is 9.36. The number of piperazine rings is 1. The van der Waals surface area contributed by atoms with Gasteiger partial charge in [0.2, 0.25) is 0 Å². The molecule has 1 atom stereocenters. The first-order valence-electron chi connectivity index (χ1n) is 17.7. The number of unbranched alkanes of at least 4 members (excludes halogenated alkanes) is 1. The monoisotopic (exact) mass is 672 g/mol. The van der Waals surface area contributed by atoms with Crippen LogP contribution in [0.5, 0.6) is 0 Å². The van der Waals surface area contributed by atoms with Crippen LogP contribution in [0.15, 0.2) is 30.3 Å². The third-order valence-electron chi connectivity index (χ3n) is 9.36. The maximum atomic E-state index is 14.1. The SMILES string of the molecule is CC(C)(C)OC(=O)N1CCN(CCCC(CCCCB2OC(C)(C)C(C)(C)O2)(CC(=O)OCc2ccccc2)C(=O)OC(C)(C)C)CC1. The van der Waals surface area contributed by atoms with Crippen LogP contribution in [0.4, 0.5) is 4.79 Å². The number of carbonyl (C=O) groups excluding carboxylic acids is 3. The second-order valence-corrected chi connectivity index (χ2v) is 16.4. The van der Waals surface area contributed by atoms with E-state index in [0.29, 0.717) is 58.2 Å². The molecule has 48 heavy (non-hydrogen) atoms. The highest BCUT2D eigenvalue weighted by Gasteiger charge is 2.50. The van der Waals surface area contributed by atoms with Gasteiger partial charge in [-0.1, -0.05) is 43.2 Å². The van der Waals surface area contributed by atoms with E-state index in [1.54, 1.807) is 4.90 Å². The molecule has 2 saturated heterocycles. The van der Waals surface area contributed by atoms with Gasteiger partial charge in [-0.25, -0.2) is 4.79 Å². The Bertz CT molecular complexity index is 1190. The lowest BCUT2D eigenvalue weighted by atomic mass is 9.74. The zero-order valence-electron chi connectivity index (χ0n) is 31.3. The highest BCUT2D eigenvalue weighted by atomic mass is 16.7. The molecule has 270 valence electrons. The first-order chi connectivity index (χ1) is 22.2. The lowest BCUT2D eigenvalue weighted by Crippen LogP contribution is -2.50. The molecule has 1 unspecified atom stereocenters. The van der Waals surface area contributed by atoms with E-state index >= 15 is 0 Å². The number of ether oxygens (including phenoxy) is 3. The standard InChI is InChI=1S/C37H61BN2O8/c1-33(2,3)45-31(42)37(27-30(41)44-28-29-17-12-11-13-18-29,19-14-15-21-38-47-35(7,8)36(9,10)48-38)20-16-22-39-23-25-40(26-24-39)32(43)46-34(4,5)6/h11-13,17-18H,14-16,19-28H2,1-10H3. The van der Waals surface area contributed by atoms with Gasteiger partial charge >= 0.3 is 25.2 Å². The van der Waals surface area contributed by atoms with Crippen LogP contribution in [0.1, 0.15) is 113 Å². The van der Waals surface area contributed by atoms with Gasteiger partial charge in [-0.15, -0.1) is 0 Å². The molecule has 0 N–H and O–H groups in total. The van der Waals surface area contributed by atoms with Crippen molar-refractivity contribution >= 4 is 25.2 Å². The number of amides is 1. The van der Waals surface area contributed by atoms with E-state index < -0.39 is 33.8 Å². The molecule has 10 nitrogen and oxygen atoms in total. The number of esters is 2. The topological polar surface area (TPSA) is 104 Å². The summed E-state index contributed by atoms with van der Waals surface area (Å²) in [7, 11) is -0.318. The van der Waals surface area contributed by atoms with E-state index in [1.807, 2.05) is 99.6 Å². The molecule has 0 aromatic heterocycles. The first-order valence-corrected chi connectivity index (χ1v) is 17.7. The van der Waals surface area contributed by atoms with E-state index in [1.165, 1.54) is 0 Å². The van der Waals surface area contributed by atoms with Crippen molar-refractivity contribution in [1.82, 2.24) is 9.80 Å². The number of carbonyl (C=O) groups is 3. The maximum Gasteiger partial charge on any atom is 0.457 e. The number of rotatable bonds is 14. The summed E-state index contributed by atoms with van der Waals surface area (Å²) in [5.74, 6) is -0.779. The number of benzene rings is 1. The van der Waals surface area contributed by atoms with Gasteiger partial charge in [0, 0.05) is 26.2 Å². The maximum absolute atomic E-state index is 14.1. The average molecular weight is 673 g/mol. The molecule has 11 heteroatoms. The van der Waals surface area contributed by atoms with E-state index in [9.17, 15) is 14.4 Å².